The molecule has 2 aromatic heterocycles. The lowest BCUT2D eigenvalue weighted by Crippen LogP contribution is -2.07. The van der Waals surface area contributed by atoms with Gasteiger partial charge in [0.25, 0.3) is 5.95 Å². The zero-order valence-corrected chi connectivity index (χ0v) is 12.5. The normalized spacial score (nSPS) is 10.6. The molecule has 0 aliphatic carbocycles. The second kappa shape index (κ2) is 5.67. The Bertz CT molecular complexity index is 752. The number of nitrogens with zero attached hydrogens (tertiary/aromatic N) is 5. The molecule has 0 bridgehead atoms. The van der Waals surface area contributed by atoms with Gasteiger partial charge in [0.05, 0.1) is 10.7 Å². The quantitative estimate of drug-likeness (QED) is 0.800. The molecule has 0 atom stereocenters. The molecule has 0 aliphatic heterocycles. The predicted molar refractivity (Wildman–Crippen MR) is 81.4 cm³/mol. The highest BCUT2D eigenvalue weighted by Gasteiger charge is 2.10. The van der Waals surface area contributed by atoms with Gasteiger partial charge in [0.15, 0.2) is 0 Å². The van der Waals surface area contributed by atoms with Crippen LogP contribution in [-0.2, 0) is 0 Å². The fraction of sp³-hybridized carbons (Fsp3) is 0.0769. The highest BCUT2D eigenvalue weighted by molar-refractivity contribution is 6.33. The summed E-state index contributed by atoms with van der Waals surface area (Å²) in [4.78, 5) is 12.4. The first kappa shape index (κ1) is 13.8. The minimum atomic E-state index is 0.0720. The molecular formula is C13H10Cl2N6. The summed E-state index contributed by atoms with van der Waals surface area (Å²) < 4.78 is 1.50. The Labute approximate surface area is 130 Å². The average Bonchev–Trinajstić information content (AvgIpc) is 2.97. The molecule has 6 nitrogen and oxygen atoms in total. The van der Waals surface area contributed by atoms with Crippen LogP contribution in [0.2, 0.25) is 10.3 Å². The Balaban J connectivity index is 2.00. The number of para-hydroxylation sites is 1. The molecule has 0 aliphatic rings. The van der Waals surface area contributed by atoms with E-state index in [-0.39, 0.29) is 5.28 Å². The first-order chi connectivity index (χ1) is 10.1. The van der Waals surface area contributed by atoms with Crippen LogP contribution in [0.4, 0.5) is 11.6 Å². The molecule has 3 rings (SSSR count). The van der Waals surface area contributed by atoms with Gasteiger partial charge >= 0.3 is 0 Å². The third-order valence-corrected chi connectivity index (χ3v) is 3.25. The SMILES string of the molecule is Cc1cccc(Cl)c1Nc1nc(Cl)nc(-n2cccn2)n1. The van der Waals surface area contributed by atoms with Gasteiger partial charge in [-0.2, -0.15) is 20.1 Å². The first-order valence-electron chi connectivity index (χ1n) is 6.07. The van der Waals surface area contributed by atoms with Crippen molar-refractivity contribution in [2.75, 3.05) is 5.32 Å². The van der Waals surface area contributed by atoms with Gasteiger partial charge in [-0.3, -0.25) is 0 Å². The third-order valence-electron chi connectivity index (χ3n) is 2.76. The number of hydrogen-bond donors (Lipinski definition) is 1. The van der Waals surface area contributed by atoms with E-state index in [0.717, 1.165) is 11.3 Å². The molecule has 0 saturated heterocycles. The van der Waals surface area contributed by atoms with Crippen LogP contribution in [0.1, 0.15) is 5.56 Å². The van der Waals surface area contributed by atoms with E-state index in [4.69, 9.17) is 23.2 Å². The Hall–Kier alpha value is -2.18. The van der Waals surface area contributed by atoms with Crippen LogP contribution in [0.25, 0.3) is 5.95 Å². The maximum atomic E-state index is 6.17. The number of aromatic nitrogens is 5. The van der Waals surface area contributed by atoms with Crippen molar-refractivity contribution in [2.24, 2.45) is 0 Å². The Kier molecular flexibility index (Phi) is 3.72. The Morgan fingerprint density at radius 1 is 1.10 bits per heavy atom. The number of nitrogens with one attached hydrogen (secondary N) is 1. The number of rotatable bonds is 3. The van der Waals surface area contributed by atoms with Gasteiger partial charge < -0.3 is 5.32 Å². The summed E-state index contributed by atoms with van der Waals surface area (Å²) in [7, 11) is 0. The van der Waals surface area contributed by atoms with Crippen LogP contribution in [0, 0.1) is 6.92 Å². The van der Waals surface area contributed by atoms with Crippen molar-refractivity contribution >= 4 is 34.8 Å². The summed E-state index contributed by atoms with van der Waals surface area (Å²) in [5.74, 6) is 0.629. The average molecular weight is 321 g/mol. The molecule has 106 valence electrons. The van der Waals surface area contributed by atoms with E-state index in [1.165, 1.54) is 4.68 Å². The van der Waals surface area contributed by atoms with Crippen molar-refractivity contribution in [1.29, 1.82) is 0 Å². The lowest BCUT2D eigenvalue weighted by atomic mass is 10.2. The van der Waals surface area contributed by atoms with Gasteiger partial charge in [-0.1, -0.05) is 23.7 Å². The minimum absolute atomic E-state index is 0.0720. The van der Waals surface area contributed by atoms with Gasteiger partial charge in [-0.15, -0.1) is 0 Å². The summed E-state index contributed by atoms with van der Waals surface area (Å²) in [5.41, 5.74) is 1.70. The second-order valence-corrected chi connectivity index (χ2v) is 4.98. The van der Waals surface area contributed by atoms with E-state index in [9.17, 15) is 0 Å². The fourth-order valence-corrected chi connectivity index (χ4v) is 2.21. The molecular weight excluding hydrogens is 311 g/mol. The minimum Gasteiger partial charge on any atom is -0.322 e. The number of benzene rings is 1. The number of anilines is 2. The molecule has 0 amide bonds. The molecule has 3 aromatic rings. The van der Waals surface area contributed by atoms with Gasteiger partial charge in [0, 0.05) is 12.4 Å². The molecule has 1 aromatic carbocycles. The Morgan fingerprint density at radius 2 is 1.95 bits per heavy atom. The van der Waals surface area contributed by atoms with Crippen LogP contribution in [0.3, 0.4) is 0 Å². The van der Waals surface area contributed by atoms with Gasteiger partial charge in [0.1, 0.15) is 0 Å². The van der Waals surface area contributed by atoms with Crippen LogP contribution in [0.15, 0.2) is 36.7 Å². The van der Waals surface area contributed by atoms with Crippen LogP contribution >= 0.6 is 23.2 Å². The summed E-state index contributed by atoms with van der Waals surface area (Å²) in [6.45, 7) is 1.94. The summed E-state index contributed by atoms with van der Waals surface area (Å²) >= 11 is 12.1. The molecule has 0 unspecified atom stereocenters. The van der Waals surface area contributed by atoms with Crippen LogP contribution in [0.5, 0.6) is 0 Å². The van der Waals surface area contributed by atoms with E-state index < -0.39 is 0 Å². The summed E-state index contributed by atoms with van der Waals surface area (Å²) in [6.07, 6.45) is 3.35. The molecule has 0 saturated carbocycles. The number of halogens is 2. The van der Waals surface area contributed by atoms with Gasteiger partial charge in [-0.25, -0.2) is 4.68 Å². The Morgan fingerprint density at radius 3 is 2.67 bits per heavy atom. The molecule has 21 heavy (non-hydrogen) atoms. The second-order valence-electron chi connectivity index (χ2n) is 4.24. The first-order valence-corrected chi connectivity index (χ1v) is 6.83. The summed E-state index contributed by atoms with van der Waals surface area (Å²) in [6, 6.07) is 7.36. The monoisotopic (exact) mass is 320 g/mol. The maximum absolute atomic E-state index is 6.17. The van der Waals surface area contributed by atoms with E-state index >= 15 is 0 Å². The van der Waals surface area contributed by atoms with E-state index in [1.54, 1.807) is 24.5 Å². The van der Waals surface area contributed by atoms with Crippen molar-refractivity contribution < 1.29 is 0 Å². The van der Waals surface area contributed by atoms with Crippen molar-refractivity contribution in [3.63, 3.8) is 0 Å². The van der Waals surface area contributed by atoms with Crippen molar-refractivity contribution in [3.05, 3.63) is 52.5 Å². The molecule has 8 heteroatoms. The highest BCUT2D eigenvalue weighted by atomic mass is 35.5. The smallest absolute Gasteiger partial charge is 0.256 e. The zero-order chi connectivity index (χ0) is 14.8. The van der Waals surface area contributed by atoms with Gasteiger partial charge in [-0.05, 0) is 36.2 Å². The van der Waals surface area contributed by atoms with Crippen molar-refractivity contribution in [2.45, 2.75) is 6.92 Å². The van der Waals surface area contributed by atoms with Crippen molar-refractivity contribution in [3.8, 4) is 5.95 Å². The van der Waals surface area contributed by atoms with E-state index in [1.807, 2.05) is 19.1 Å². The lowest BCUT2D eigenvalue weighted by Gasteiger charge is -2.10. The summed E-state index contributed by atoms with van der Waals surface area (Å²) in [5, 5.41) is 7.77. The highest BCUT2D eigenvalue weighted by Crippen LogP contribution is 2.27. The standard InChI is InChI=1S/C13H10Cl2N6/c1-8-4-2-5-9(14)10(8)17-12-18-11(15)19-13(20-12)21-7-3-6-16-21/h2-7H,1H3,(H,17,18,19,20). The molecule has 1 N–H and O–H groups in total. The largest absolute Gasteiger partial charge is 0.322 e. The van der Waals surface area contributed by atoms with Crippen LogP contribution < -0.4 is 5.32 Å². The molecule has 2 heterocycles. The fourth-order valence-electron chi connectivity index (χ4n) is 1.79. The predicted octanol–water partition coefficient (Wildman–Crippen LogP) is 3.42. The lowest BCUT2D eigenvalue weighted by molar-refractivity contribution is 0.798. The number of aryl methyl sites for hydroxylation is 1. The van der Waals surface area contributed by atoms with E-state index in [2.05, 4.69) is 25.4 Å². The zero-order valence-electron chi connectivity index (χ0n) is 11.0. The number of hydrogen-bond acceptors (Lipinski definition) is 5. The molecule has 0 spiro atoms. The molecule has 0 fully saturated rings. The third kappa shape index (κ3) is 2.96. The van der Waals surface area contributed by atoms with Crippen molar-refractivity contribution in [1.82, 2.24) is 24.7 Å². The maximum Gasteiger partial charge on any atom is 0.256 e. The topological polar surface area (TPSA) is 68.5 Å². The van der Waals surface area contributed by atoms with E-state index in [0.29, 0.717) is 16.9 Å². The van der Waals surface area contributed by atoms with Crippen LogP contribution in [-0.4, -0.2) is 24.7 Å². The molecule has 0 radical (unpaired) electrons. The van der Waals surface area contributed by atoms with Gasteiger partial charge in [0.2, 0.25) is 11.2 Å².